The molecule has 1 saturated heterocycles. The Hall–Kier alpha value is -2.86. The van der Waals surface area contributed by atoms with E-state index in [-0.39, 0.29) is 11.8 Å². The first-order valence-corrected chi connectivity index (χ1v) is 13.2. The number of halogens is 2. The molecule has 2 heterocycles. The fourth-order valence-electron chi connectivity index (χ4n) is 4.87. The molecule has 1 aliphatic heterocycles. The number of rotatable bonds is 8. The highest BCUT2D eigenvalue weighted by Gasteiger charge is 2.26. The third-order valence-electron chi connectivity index (χ3n) is 6.94. The molecule has 0 aliphatic carbocycles. The van der Waals surface area contributed by atoms with Crippen LogP contribution in [-0.4, -0.2) is 40.0 Å². The monoisotopic (exact) mass is 520 g/mol. The summed E-state index contributed by atoms with van der Waals surface area (Å²) < 4.78 is 2.30. The minimum Gasteiger partial charge on any atom is -0.356 e. The molecule has 7 heteroatoms. The van der Waals surface area contributed by atoms with Gasteiger partial charge in [0.1, 0.15) is 5.82 Å². The molecule has 1 N–H and O–H groups in total. The summed E-state index contributed by atoms with van der Waals surface area (Å²) in [6, 6.07) is 24.1. The topological polar surface area (TPSA) is 50.2 Å². The lowest BCUT2D eigenvalue weighted by Gasteiger charge is -2.31. The molecule has 1 aromatic heterocycles. The Labute approximate surface area is 222 Å². The lowest BCUT2D eigenvalue weighted by Crippen LogP contribution is -2.41. The Bertz CT molecular complexity index is 1310. The molecule has 5 rings (SSSR count). The quantitative estimate of drug-likeness (QED) is 0.311. The summed E-state index contributed by atoms with van der Waals surface area (Å²) >= 11 is 12.0. The van der Waals surface area contributed by atoms with E-state index in [0.717, 1.165) is 72.3 Å². The summed E-state index contributed by atoms with van der Waals surface area (Å²) in [5.41, 5.74) is 4.52. The summed E-state index contributed by atoms with van der Waals surface area (Å²) in [5.74, 6) is 1.29. The number of fused-ring (bicyclic) bond motifs is 1. The van der Waals surface area contributed by atoms with Gasteiger partial charge in [0.25, 0.3) is 0 Å². The number of piperidine rings is 1. The van der Waals surface area contributed by atoms with E-state index in [1.165, 1.54) is 11.1 Å². The summed E-state index contributed by atoms with van der Waals surface area (Å²) in [7, 11) is 0. The third-order valence-corrected chi connectivity index (χ3v) is 7.44. The van der Waals surface area contributed by atoms with Gasteiger partial charge in [0, 0.05) is 29.1 Å². The van der Waals surface area contributed by atoms with Crippen LogP contribution in [0.15, 0.2) is 72.8 Å². The predicted molar refractivity (Wildman–Crippen MR) is 146 cm³/mol. The first kappa shape index (κ1) is 24.8. The average molecular weight is 521 g/mol. The molecule has 0 unspecified atom stereocenters. The van der Waals surface area contributed by atoms with Gasteiger partial charge in [-0.25, -0.2) is 4.98 Å². The van der Waals surface area contributed by atoms with Crippen molar-refractivity contribution in [3.05, 3.63) is 99.8 Å². The minimum absolute atomic E-state index is 0.0688. The number of hydrogen-bond donors (Lipinski definition) is 1. The number of amides is 1. The van der Waals surface area contributed by atoms with Crippen molar-refractivity contribution in [2.24, 2.45) is 5.92 Å². The van der Waals surface area contributed by atoms with Crippen molar-refractivity contribution >= 4 is 40.1 Å². The van der Waals surface area contributed by atoms with Gasteiger partial charge in [0.05, 0.1) is 17.6 Å². The fraction of sp³-hybridized carbons (Fsp3) is 0.310. The number of likely N-dealkylation sites (tertiary alicyclic amines) is 1. The molecule has 0 atom stereocenters. The molecule has 0 bridgehead atoms. The maximum Gasteiger partial charge on any atom is 0.223 e. The summed E-state index contributed by atoms with van der Waals surface area (Å²) in [5, 5.41) is 4.60. The zero-order valence-electron chi connectivity index (χ0n) is 20.2. The molecule has 0 spiro atoms. The Morgan fingerprint density at radius 2 is 1.50 bits per heavy atom. The highest BCUT2D eigenvalue weighted by atomic mass is 35.5. The average Bonchev–Trinajstić information content (AvgIpc) is 3.23. The Kier molecular flexibility index (Phi) is 7.90. The van der Waals surface area contributed by atoms with Gasteiger partial charge < -0.3 is 9.88 Å². The van der Waals surface area contributed by atoms with Crippen molar-refractivity contribution in [3.63, 3.8) is 0 Å². The van der Waals surface area contributed by atoms with Gasteiger partial charge in [-0.1, -0.05) is 59.6 Å². The van der Waals surface area contributed by atoms with E-state index in [1.54, 1.807) is 0 Å². The van der Waals surface area contributed by atoms with E-state index >= 15 is 0 Å². The second-order valence-corrected chi connectivity index (χ2v) is 10.3. The van der Waals surface area contributed by atoms with Gasteiger partial charge in [-0.05, 0) is 79.9 Å². The van der Waals surface area contributed by atoms with Crippen molar-refractivity contribution in [2.75, 3.05) is 19.6 Å². The van der Waals surface area contributed by atoms with Gasteiger partial charge in [-0.2, -0.15) is 0 Å². The first-order valence-electron chi connectivity index (χ1n) is 12.5. The second kappa shape index (κ2) is 11.5. The SMILES string of the molecule is O=C(NCCc1ccc(Cl)cc1)C1CCN(Cc2nc3ccccc3n2Cc2ccc(Cl)cc2)CC1. The molecule has 1 amide bonds. The number of imidazole rings is 1. The summed E-state index contributed by atoms with van der Waals surface area (Å²) in [4.78, 5) is 20.1. The summed E-state index contributed by atoms with van der Waals surface area (Å²) in [6.45, 7) is 3.95. The number of aromatic nitrogens is 2. The van der Waals surface area contributed by atoms with Gasteiger partial charge in [0.2, 0.25) is 5.91 Å². The van der Waals surface area contributed by atoms with Crippen LogP contribution in [0.1, 0.15) is 29.8 Å². The lowest BCUT2D eigenvalue weighted by molar-refractivity contribution is -0.126. The molecule has 186 valence electrons. The number of nitrogens with zero attached hydrogens (tertiary/aromatic N) is 3. The zero-order valence-corrected chi connectivity index (χ0v) is 21.7. The Balaban J connectivity index is 1.17. The van der Waals surface area contributed by atoms with Crippen molar-refractivity contribution in [1.29, 1.82) is 0 Å². The van der Waals surface area contributed by atoms with Crippen LogP contribution >= 0.6 is 23.2 Å². The van der Waals surface area contributed by atoms with E-state index in [9.17, 15) is 4.79 Å². The van der Waals surface area contributed by atoms with E-state index < -0.39 is 0 Å². The van der Waals surface area contributed by atoms with Gasteiger partial charge in [0.15, 0.2) is 0 Å². The first-order chi connectivity index (χ1) is 17.5. The van der Waals surface area contributed by atoms with Gasteiger partial charge in [-0.15, -0.1) is 0 Å². The van der Waals surface area contributed by atoms with E-state index in [4.69, 9.17) is 28.2 Å². The van der Waals surface area contributed by atoms with Crippen molar-refractivity contribution in [3.8, 4) is 0 Å². The number of para-hydroxylation sites is 2. The van der Waals surface area contributed by atoms with Crippen LogP contribution in [0.4, 0.5) is 0 Å². The maximum absolute atomic E-state index is 12.7. The lowest BCUT2D eigenvalue weighted by atomic mass is 9.96. The highest BCUT2D eigenvalue weighted by Crippen LogP contribution is 2.23. The van der Waals surface area contributed by atoms with Crippen molar-refractivity contribution in [1.82, 2.24) is 19.8 Å². The molecular formula is C29H30Cl2N4O. The van der Waals surface area contributed by atoms with Gasteiger partial charge >= 0.3 is 0 Å². The normalized spacial score (nSPS) is 14.8. The minimum atomic E-state index is 0.0688. The number of benzene rings is 3. The molecule has 5 nitrogen and oxygen atoms in total. The molecule has 1 fully saturated rings. The molecule has 0 radical (unpaired) electrons. The standard InChI is InChI=1S/C29H30Cl2N4O/c30-24-9-5-21(6-10-24)13-16-32-29(36)23-14-17-34(18-15-23)20-28-33-26-3-1-2-4-27(26)35(28)19-22-7-11-25(31)12-8-22/h1-12,23H,13-20H2,(H,32,36). The summed E-state index contributed by atoms with van der Waals surface area (Å²) in [6.07, 6.45) is 2.54. The Morgan fingerprint density at radius 3 is 2.19 bits per heavy atom. The predicted octanol–water partition coefficient (Wildman–Crippen LogP) is 5.96. The largest absolute Gasteiger partial charge is 0.356 e. The number of carbonyl (C=O) groups is 1. The maximum atomic E-state index is 12.7. The smallest absolute Gasteiger partial charge is 0.223 e. The number of nitrogens with one attached hydrogen (secondary N) is 1. The zero-order chi connectivity index (χ0) is 24.9. The fourth-order valence-corrected chi connectivity index (χ4v) is 5.13. The van der Waals surface area contributed by atoms with Crippen molar-refractivity contribution < 1.29 is 4.79 Å². The van der Waals surface area contributed by atoms with Crippen molar-refractivity contribution in [2.45, 2.75) is 32.4 Å². The molecular weight excluding hydrogens is 491 g/mol. The van der Waals surface area contributed by atoms with Crippen LogP contribution in [-0.2, 0) is 24.3 Å². The van der Waals surface area contributed by atoms with Crippen LogP contribution in [0.25, 0.3) is 11.0 Å². The molecule has 0 saturated carbocycles. The van der Waals surface area contributed by atoms with Crippen LogP contribution in [0, 0.1) is 5.92 Å². The van der Waals surface area contributed by atoms with E-state index in [0.29, 0.717) is 6.54 Å². The third kappa shape index (κ3) is 6.09. The van der Waals surface area contributed by atoms with Crippen LogP contribution in [0.3, 0.4) is 0 Å². The van der Waals surface area contributed by atoms with Crippen LogP contribution < -0.4 is 5.32 Å². The second-order valence-electron chi connectivity index (χ2n) is 9.45. The van der Waals surface area contributed by atoms with Crippen LogP contribution in [0.2, 0.25) is 10.0 Å². The molecule has 1 aliphatic rings. The van der Waals surface area contributed by atoms with Crippen LogP contribution in [0.5, 0.6) is 0 Å². The molecule has 36 heavy (non-hydrogen) atoms. The number of hydrogen-bond acceptors (Lipinski definition) is 3. The number of carbonyl (C=O) groups excluding carboxylic acids is 1. The van der Waals surface area contributed by atoms with E-state index in [2.05, 4.69) is 45.1 Å². The highest BCUT2D eigenvalue weighted by molar-refractivity contribution is 6.30. The molecule has 4 aromatic rings. The van der Waals surface area contributed by atoms with Gasteiger partial charge in [-0.3, -0.25) is 9.69 Å². The molecule has 3 aromatic carbocycles. The van der Waals surface area contributed by atoms with E-state index in [1.807, 2.05) is 42.5 Å². The Morgan fingerprint density at radius 1 is 0.861 bits per heavy atom.